The molecular formula is C12H11FN2. The number of nitrogens with two attached hydrogens (primary N) is 1. The minimum atomic E-state index is -0.303. The average molecular weight is 202 g/mol. The molecular weight excluding hydrogens is 191 g/mol. The molecule has 0 atom stereocenters. The number of pyridine rings is 1. The highest BCUT2D eigenvalue weighted by atomic mass is 19.1. The molecule has 15 heavy (non-hydrogen) atoms. The predicted octanol–water partition coefficient (Wildman–Crippen LogP) is 2.78. The highest BCUT2D eigenvalue weighted by Crippen LogP contribution is 2.23. The van der Waals surface area contributed by atoms with Crippen molar-refractivity contribution < 1.29 is 4.39 Å². The van der Waals surface area contributed by atoms with Gasteiger partial charge in [-0.3, -0.25) is 4.98 Å². The number of benzene rings is 1. The average Bonchev–Trinajstić information content (AvgIpc) is 2.22. The summed E-state index contributed by atoms with van der Waals surface area (Å²) in [6, 6.07) is 8.19. The molecule has 3 heteroatoms. The van der Waals surface area contributed by atoms with Crippen LogP contribution < -0.4 is 5.73 Å². The molecule has 2 aromatic rings. The Morgan fingerprint density at radius 3 is 2.73 bits per heavy atom. The van der Waals surface area contributed by atoms with Crippen LogP contribution in [0.4, 0.5) is 10.1 Å². The molecule has 0 fully saturated rings. The van der Waals surface area contributed by atoms with Gasteiger partial charge >= 0.3 is 0 Å². The molecule has 0 radical (unpaired) electrons. The van der Waals surface area contributed by atoms with E-state index in [-0.39, 0.29) is 5.82 Å². The molecule has 76 valence electrons. The lowest BCUT2D eigenvalue weighted by molar-refractivity contribution is 0.631. The summed E-state index contributed by atoms with van der Waals surface area (Å²) in [7, 11) is 0. The van der Waals surface area contributed by atoms with Crippen molar-refractivity contribution in [3.8, 4) is 11.3 Å². The molecule has 1 heterocycles. The van der Waals surface area contributed by atoms with Gasteiger partial charge in [0.05, 0.1) is 5.69 Å². The summed E-state index contributed by atoms with van der Waals surface area (Å²) in [6.07, 6.45) is 1.66. The van der Waals surface area contributed by atoms with E-state index in [9.17, 15) is 4.39 Å². The van der Waals surface area contributed by atoms with Crippen molar-refractivity contribution in [3.05, 3.63) is 47.9 Å². The van der Waals surface area contributed by atoms with Crippen LogP contribution >= 0.6 is 0 Å². The molecule has 2 nitrogen and oxygen atoms in total. The van der Waals surface area contributed by atoms with Crippen LogP contribution in [0.5, 0.6) is 0 Å². The molecule has 2 N–H and O–H groups in total. The van der Waals surface area contributed by atoms with Crippen LogP contribution in [0.1, 0.15) is 5.56 Å². The fraction of sp³-hybridized carbons (Fsp3) is 0.0833. The molecule has 1 aromatic heterocycles. The molecule has 0 amide bonds. The molecule has 0 aliphatic heterocycles. The van der Waals surface area contributed by atoms with Gasteiger partial charge in [0.15, 0.2) is 0 Å². The van der Waals surface area contributed by atoms with Crippen molar-refractivity contribution in [2.75, 3.05) is 5.73 Å². The van der Waals surface area contributed by atoms with E-state index >= 15 is 0 Å². The van der Waals surface area contributed by atoms with Gasteiger partial charge in [-0.2, -0.15) is 0 Å². The van der Waals surface area contributed by atoms with E-state index in [4.69, 9.17) is 5.73 Å². The number of hydrogen-bond donors (Lipinski definition) is 1. The number of aromatic nitrogens is 1. The van der Waals surface area contributed by atoms with Gasteiger partial charge < -0.3 is 5.73 Å². The molecule has 1 aromatic carbocycles. The minimum absolute atomic E-state index is 0.303. The lowest BCUT2D eigenvalue weighted by atomic mass is 10.1. The Bertz CT molecular complexity index is 495. The van der Waals surface area contributed by atoms with E-state index in [1.165, 1.54) is 12.1 Å². The first-order valence-corrected chi connectivity index (χ1v) is 4.65. The first-order chi connectivity index (χ1) is 7.16. The second-order valence-corrected chi connectivity index (χ2v) is 3.46. The minimum Gasteiger partial charge on any atom is -0.399 e. The second kappa shape index (κ2) is 3.69. The van der Waals surface area contributed by atoms with Crippen LogP contribution in [-0.4, -0.2) is 4.98 Å². The maximum Gasteiger partial charge on any atom is 0.132 e. The number of nitrogen functional groups attached to an aromatic ring is 1. The van der Waals surface area contributed by atoms with Crippen LogP contribution in [0.2, 0.25) is 0 Å². The molecule has 0 saturated carbocycles. The van der Waals surface area contributed by atoms with Crippen LogP contribution in [-0.2, 0) is 0 Å². The number of hydrogen-bond acceptors (Lipinski definition) is 2. The topological polar surface area (TPSA) is 38.9 Å². The van der Waals surface area contributed by atoms with Crippen molar-refractivity contribution in [1.82, 2.24) is 4.98 Å². The Morgan fingerprint density at radius 2 is 2.00 bits per heavy atom. The fourth-order valence-electron chi connectivity index (χ4n) is 1.42. The van der Waals surface area contributed by atoms with Gasteiger partial charge in [0.1, 0.15) is 5.82 Å². The van der Waals surface area contributed by atoms with Crippen molar-refractivity contribution in [2.45, 2.75) is 6.92 Å². The SMILES string of the molecule is Cc1ccnc(-c2cc(N)ccc2F)c1. The Balaban J connectivity index is 2.58. The van der Waals surface area contributed by atoms with E-state index in [0.717, 1.165) is 5.56 Å². The van der Waals surface area contributed by atoms with E-state index in [0.29, 0.717) is 16.9 Å². The summed E-state index contributed by atoms with van der Waals surface area (Å²) >= 11 is 0. The van der Waals surface area contributed by atoms with Crippen molar-refractivity contribution in [1.29, 1.82) is 0 Å². The largest absolute Gasteiger partial charge is 0.399 e. The fourth-order valence-corrected chi connectivity index (χ4v) is 1.42. The third-order valence-corrected chi connectivity index (χ3v) is 2.18. The van der Waals surface area contributed by atoms with Gasteiger partial charge in [0.2, 0.25) is 0 Å². The van der Waals surface area contributed by atoms with Gasteiger partial charge in [0.25, 0.3) is 0 Å². The third-order valence-electron chi connectivity index (χ3n) is 2.18. The van der Waals surface area contributed by atoms with Crippen LogP contribution in [0, 0.1) is 12.7 Å². The van der Waals surface area contributed by atoms with Gasteiger partial charge in [-0.25, -0.2) is 4.39 Å². The summed E-state index contributed by atoms with van der Waals surface area (Å²) in [5.74, 6) is -0.303. The molecule has 2 rings (SSSR count). The van der Waals surface area contributed by atoms with Crippen molar-refractivity contribution in [3.63, 3.8) is 0 Å². The molecule has 0 aliphatic rings. The number of anilines is 1. The second-order valence-electron chi connectivity index (χ2n) is 3.46. The van der Waals surface area contributed by atoms with E-state index < -0.39 is 0 Å². The normalized spacial score (nSPS) is 10.3. The van der Waals surface area contributed by atoms with Crippen molar-refractivity contribution in [2.24, 2.45) is 0 Å². The van der Waals surface area contributed by atoms with Gasteiger partial charge in [-0.15, -0.1) is 0 Å². The number of halogens is 1. The molecule has 0 saturated heterocycles. The summed E-state index contributed by atoms with van der Waals surface area (Å²) in [5.41, 5.74) is 8.24. The van der Waals surface area contributed by atoms with E-state index in [1.54, 1.807) is 12.3 Å². The monoisotopic (exact) mass is 202 g/mol. The summed E-state index contributed by atoms with van der Waals surface area (Å²) in [5, 5.41) is 0. The molecule has 0 spiro atoms. The van der Waals surface area contributed by atoms with Crippen molar-refractivity contribution >= 4 is 5.69 Å². The molecule has 0 unspecified atom stereocenters. The number of aryl methyl sites for hydroxylation is 1. The zero-order valence-electron chi connectivity index (χ0n) is 8.37. The summed E-state index contributed by atoms with van der Waals surface area (Å²) < 4.78 is 13.5. The Kier molecular flexibility index (Phi) is 2.37. The summed E-state index contributed by atoms with van der Waals surface area (Å²) in [6.45, 7) is 1.94. The quantitative estimate of drug-likeness (QED) is 0.722. The number of nitrogens with zero attached hydrogens (tertiary/aromatic N) is 1. The predicted molar refractivity (Wildman–Crippen MR) is 58.8 cm³/mol. The smallest absolute Gasteiger partial charge is 0.132 e. The lowest BCUT2D eigenvalue weighted by Crippen LogP contribution is -1.91. The third kappa shape index (κ3) is 1.96. The first-order valence-electron chi connectivity index (χ1n) is 4.65. The Hall–Kier alpha value is -1.90. The molecule has 0 aliphatic carbocycles. The van der Waals surface area contributed by atoms with E-state index in [1.807, 2.05) is 19.1 Å². The lowest BCUT2D eigenvalue weighted by Gasteiger charge is -2.04. The highest BCUT2D eigenvalue weighted by Gasteiger charge is 2.06. The van der Waals surface area contributed by atoms with Crippen LogP contribution in [0.3, 0.4) is 0 Å². The van der Waals surface area contributed by atoms with Gasteiger partial charge in [-0.1, -0.05) is 0 Å². The van der Waals surface area contributed by atoms with Gasteiger partial charge in [-0.05, 0) is 42.8 Å². The Labute approximate surface area is 87.6 Å². The van der Waals surface area contributed by atoms with Crippen LogP contribution in [0.15, 0.2) is 36.5 Å². The Morgan fingerprint density at radius 1 is 1.20 bits per heavy atom. The van der Waals surface area contributed by atoms with Gasteiger partial charge in [0, 0.05) is 17.4 Å². The zero-order valence-corrected chi connectivity index (χ0v) is 8.37. The van der Waals surface area contributed by atoms with E-state index in [2.05, 4.69) is 4.98 Å². The standard InChI is InChI=1S/C12H11FN2/c1-8-4-5-15-12(6-8)10-7-9(14)2-3-11(10)13/h2-7H,14H2,1H3. The number of rotatable bonds is 1. The maximum atomic E-state index is 13.5. The highest BCUT2D eigenvalue weighted by molar-refractivity contribution is 5.65. The molecule has 0 bridgehead atoms. The first kappa shape index (κ1) is 9.65. The summed E-state index contributed by atoms with van der Waals surface area (Å²) in [4.78, 5) is 4.12. The zero-order chi connectivity index (χ0) is 10.8. The van der Waals surface area contributed by atoms with Crippen LogP contribution in [0.25, 0.3) is 11.3 Å². The maximum absolute atomic E-state index is 13.5.